The zero-order valence-corrected chi connectivity index (χ0v) is 89.4. The van der Waals surface area contributed by atoms with Gasteiger partial charge >= 0.3 is 41.5 Å². The van der Waals surface area contributed by atoms with Gasteiger partial charge in [-0.1, -0.05) is 216 Å². The van der Waals surface area contributed by atoms with Gasteiger partial charge in [-0.25, -0.2) is 50.9 Å². The number of hydrogen-bond acceptors (Lipinski definition) is 26. The number of anilines is 1. The molecule has 0 atom stereocenters. The molecule has 0 spiro atoms. The molecule has 6 N–H and O–H groups in total. The first-order valence-electron chi connectivity index (χ1n) is 40.7. The first kappa shape index (κ1) is 121. The van der Waals surface area contributed by atoms with Crippen LogP contribution in [-0.2, 0) is 48.5 Å². The van der Waals surface area contributed by atoms with Crippen molar-refractivity contribution in [2.45, 2.75) is 128 Å². The average molecular weight is 2150 g/mol. The molecular formula is C97H96Cl10FN8NaO20S2. The molecule has 42 heteroatoms. The molecule has 0 aliphatic heterocycles. The largest absolute Gasteiger partial charge is 1.00 e. The number of nitrogens with two attached hydrogens (primary N) is 1. The van der Waals surface area contributed by atoms with E-state index in [1.165, 1.54) is 85.5 Å². The normalized spacial score (nSPS) is 10.6. The Kier molecular flexibility index (Phi) is 49.2. The van der Waals surface area contributed by atoms with Gasteiger partial charge in [0.1, 0.15) is 56.7 Å². The Bertz CT molecular complexity index is 6630. The van der Waals surface area contributed by atoms with Crippen LogP contribution in [0.4, 0.5) is 10.1 Å². The molecule has 12 rings (SSSR count). The molecule has 0 saturated carbocycles. The second kappa shape index (κ2) is 56.7. The minimum Gasteiger partial charge on any atom is -0.870 e. The summed E-state index contributed by atoms with van der Waals surface area (Å²) in [6.07, 6.45) is 9.81. The molecule has 28 nitrogen and oxygen atoms in total. The third kappa shape index (κ3) is 35.5. The number of hydrogen-bond donors (Lipinski definition) is 4. The van der Waals surface area contributed by atoms with Crippen LogP contribution < -0.4 is 77.9 Å². The van der Waals surface area contributed by atoms with Crippen LogP contribution in [0, 0.1) is 28.5 Å². The zero-order chi connectivity index (χ0) is 102. The van der Waals surface area contributed by atoms with Crippen molar-refractivity contribution in [2.75, 3.05) is 53.8 Å². The van der Waals surface area contributed by atoms with Crippen molar-refractivity contribution in [3.63, 3.8) is 0 Å². The second-order valence-corrected chi connectivity index (χ2v) is 38.7. The van der Waals surface area contributed by atoms with Crippen molar-refractivity contribution in [1.82, 2.24) is 24.9 Å². The van der Waals surface area contributed by atoms with Gasteiger partial charge in [0.05, 0.1) is 145 Å². The van der Waals surface area contributed by atoms with Crippen molar-refractivity contribution in [2.24, 2.45) is 0 Å². The van der Waals surface area contributed by atoms with Crippen molar-refractivity contribution >= 4 is 159 Å². The van der Waals surface area contributed by atoms with Gasteiger partial charge in [0.25, 0.3) is 0 Å². The SMILES string of the molecule is COc1ncc(O)cc1C(C)C.COc1ncc(Oc2c(Cl)ccc(C#N)c2Cl)cc1C(C)C.COc1ncc(Oc2c(Cl)ccc(C(=O)O)c2Cl)cc1C(C)C.COc1ncc(Oc2c(Cl)ccc(CC(=O)Cc3ccc(S(C)(=O)=O)cc3)c2Cl)cc1C(C)C.COc1ncc(Oc2c(Cl)ccc(N)c2Cl)cc1C(C)C.CS(=O)(=O)c1ccc(CC(=O)O)cc1.N#Cc1ccc(Cl)c(F)c1Cl.[Na+].[OH-]. The minimum atomic E-state index is -3.29. The van der Waals surface area contributed by atoms with Gasteiger partial charge in [0.15, 0.2) is 48.5 Å². The number of nitrogen functional groups attached to an aromatic ring is 1. The number of rotatable bonds is 27. The molecule has 5 heterocycles. The van der Waals surface area contributed by atoms with E-state index in [-0.39, 0.29) is 163 Å². The number of carbonyl (C=O) groups excluding carboxylic acids is 1. The summed E-state index contributed by atoms with van der Waals surface area (Å²) in [5.74, 6) is 3.77. The van der Waals surface area contributed by atoms with Crippen LogP contribution >= 0.6 is 116 Å². The van der Waals surface area contributed by atoms with E-state index in [0.717, 1.165) is 40.3 Å². The standard InChI is InChI=1S/C25H25Cl2NO5S.C16H14Cl2N2O2.C16H15Cl2NO4.C15H16Cl2N2O2.C9H13NO2.C9H10O4S.C7H2Cl2FN.Na.H2O/c1-15(2)21-13-19(14-28-25(21)32-3)33-24-22(26)10-7-17(23(24)27)12-18(29)11-16-5-8-20(9-6-16)34(4,30)31;1-9(2)12-6-11(8-20-16(12)21-3)22-15-13(17)5-4-10(7-19)14(15)18;1-8(2)11-6-9(7-19-15(11)22-3)23-14-12(17)5-4-10(13(14)18)16(20)21;1-8(2)10-6-9(7-19-15(10)20-3)21-14-11(16)4-5-12(18)13(14)17;1-6(2)8-4-7(11)5-10-9(8)12-3;1-14(12,13)8-4-2-7(3-5-8)6-9(10)11;8-5-2-1-4(3-11)6(9)7(5)10;;/h5-10,13-15H,11-12H2,1-4H3;4-6,8-9H,1-3H3;4-8H,1-3H3,(H,20,21);4-8H,18H2,1-3H3;4-6,11H,1-3H3;2-5H,6H2,1H3,(H,10,11);1-2H;;1H2/q;;;;;;;+1;/p-1. The van der Waals surface area contributed by atoms with Gasteiger partial charge in [-0.15, -0.1) is 0 Å². The first-order chi connectivity index (χ1) is 64.4. The van der Waals surface area contributed by atoms with Crippen LogP contribution in [0.15, 0.2) is 180 Å². The van der Waals surface area contributed by atoms with Gasteiger partial charge < -0.3 is 69.2 Å². The van der Waals surface area contributed by atoms with Crippen LogP contribution in [-0.4, -0.2) is 128 Å². The molecule has 139 heavy (non-hydrogen) atoms. The summed E-state index contributed by atoms with van der Waals surface area (Å²) < 4.78 is 107. The van der Waals surface area contributed by atoms with Crippen LogP contribution in [0.1, 0.15) is 165 Å². The zero-order valence-electron chi connectivity index (χ0n) is 78.2. The number of aliphatic carboxylic acids is 1. The summed E-state index contributed by atoms with van der Waals surface area (Å²) in [6.45, 7) is 20.2. The number of pyridine rings is 5. The van der Waals surface area contributed by atoms with E-state index < -0.39 is 37.4 Å². The molecule has 734 valence electrons. The molecule has 0 aliphatic carbocycles. The third-order valence-corrected chi connectivity index (χ3v) is 24.6. The minimum absolute atomic E-state index is 0. The van der Waals surface area contributed by atoms with E-state index in [2.05, 4.69) is 24.9 Å². The summed E-state index contributed by atoms with van der Waals surface area (Å²) in [6, 6.07) is 39.9. The number of carboxylic acids is 2. The number of aromatic hydroxyl groups is 1. The number of ether oxygens (including phenoxy) is 9. The van der Waals surface area contributed by atoms with E-state index in [9.17, 15) is 35.6 Å². The van der Waals surface area contributed by atoms with Gasteiger partial charge in [-0.3, -0.25) is 9.59 Å². The second-order valence-electron chi connectivity index (χ2n) is 30.7. The Labute approximate surface area is 877 Å². The molecule has 0 bridgehead atoms. The Morgan fingerprint density at radius 3 is 1.04 bits per heavy atom. The molecule has 0 fully saturated rings. The first-order valence-corrected chi connectivity index (χ1v) is 48.3. The number of nitriles is 2. The summed E-state index contributed by atoms with van der Waals surface area (Å²) >= 11 is 60.3. The van der Waals surface area contributed by atoms with E-state index in [1.54, 1.807) is 108 Å². The van der Waals surface area contributed by atoms with Gasteiger partial charge in [0.2, 0.25) is 29.4 Å². The Morgan fingerprint density at radius 1 is 0.403 bits per heavy atom. The molecule has 12 aromatic rings. The predicted molar refractivity (Wildman–Crippen MR) is 534 cm³/mol. The maximum absolute atomic E-state index is 12.8. The quantitative estimate of drug-likeness (QED) is 0.0211. The number of carbonyl (C=O) groups is 3. The molecule has 0 aliphatic rings. The Balaban J connectivity index is 0.000000348. The predicted octanol–water partition coefficient (Wildman–Crippen LogP) is 23.6. The molecular weight excluding hydrogens is 2060 g/mol. The monoisotopic (exact) mass is 2150 g/mol. The van der Waals surface area contributed by atoms with Gasteiger partial charge in [0, 0.05) is 53.2 Å². The number of Topliss-reactive ketones (excluding diaryl/α,β-unsaturated/α-hetero) is 1. The van der Waals surface area contributed by atoms with Crippen LogP contribution in [0.3, 0.4) is 0 Å². The van der Waals surface area contributed by atoms with E-state index in [1.807, 2.05) is 93.5 Å². The maximum atomic E-state index is 12.8. The molecule has 0 saturated heterocycles. The van der Waals surface area contributed by atoms with Crippen molar-refractivity contribution in [1.29, 1.82) is 10.5 Å². The number of methoxy groups -OCH3 is 5. The summed E-state index contributed by atoms with van der Waals surface area (Å²) in [5.41, 5.74) is 12.8. The number of aromatic nitrogens is 5. The molecule has 0 radical (unpaired) electrons. The average Bonchev–Trinajstić information content (AvgIpc) is 0.810. The van der Waals surface area contributed by atoms with E-state index in [0.29, 0.717) is 107 Å². The van der Waals surface area contributed by atoms with E-state index >= 15 is 0 Å². The third-order valence-electron chi connectivity index (χ3n) is 18.9. The van der Waals surface area contributed by atoms with Gasteiger partial charge in [-0.2, -0.15) is 10.5 Å². The van der Waals surface area contributed by atoms with Crippen molar-refractivity contribution in [3.05, 3.63) is 288 Å². The fourth-order valence-corrected chi connectivity index (χ4v) is 15.5. The number of halogens is 11. The number of sulfone groups is 2. The smallest absolute Gasteiger partial charge is 0.870 e. The fourth-order valence-electron chi connectivity index (χ4n) is 11.8. The van der Waals surface area contributed by atoms with E-state index in [4.69, 9.17) is 190 Å². The van der Waals surface area contributed by atoms with Crippen molar-refractivity contribution < 1.29 is 129 Å². The molecule has 0 unspecified atom stereocenters. The van der Waals surface area contributed by atoms with Crippen LogP contribution in [0.5, 0.6) is 81.1 Å². The van der Waals surface area contributed by atoms with Crippen LogP contribution in [0.25, 0.3) is 0 Å². The molecule has 5 aromatic heterocycles. The Hall–Kier alpha value is -10.6. The number of nitrogens with zero attached hydrogens (tertiary/aromatic N) is 7. The number of aromatic carboxylic acids is 1. The summed E-state index contributed by atoms with van der Waals surface area (Å²) in [7, 11) is 1.34. The molecule has 0 amide bonds. The molecule has 7 aromatic carbocycles. The Morgan fingerprint density at radius 2 is 0.705 bits per heavy atom. The number of ketones is 1. The maximum Gasteiger partial charge on any atom is 1.00 e. The van der Waals surface area contributed by atoms with Crippen molar-refractivity contribution in [3.8, 4) is 93.3 Å². The van der Waals surface area contributed by atoms with Gasteiger partial charge in [-0.05, 0) is 155 Å². The number of carboxylic acid groups (broad SMARTS) is 2. The summed E-state index contributed by atoms with van der Waals surface area (Å²) in [4.78, 5) is 55.4. The fraction of sp³-hybridized carbons (Fsp3) is 0.258. The van der Waals surface area contributed by atoms with Crippen LogP contribution in [0.2, 0.25) is 50.2 Å². The topological polar surface area (TPSA) is 431 Å². The summed E-state index contributed by atoms with van der Waals surface area (Å²) in [5, 5.41) is 45.7. The number of benzene rings is 7.